The van der Waals surface area contributed by atoms with E-state index >= 15 is 0 Å². The minimum absolute atomic E-state index is 0.262. The molecule has 0 fully saturated rings. The van der Waals surface area contributed by atoms with E-state index in [2.05, 4.69) is 21.8 Å². The van der Waals surface area contributed by atoms with E-state index in [9.17, 15) is 0 Å². The second kappa shape index (κ2) is 6.05. The van der Waals surface area contributed by atoms with Gasteiger partial charge >= 0.3 is 0 Å². The highest BCUT2D eigenvalue weighted by molar-refractivity contribution is 5.51. The Morgan fingerprint density at radius 3 is 2.90 bits per heavy atom. The summed E-state index contributed by atoms with van der Waals surface area (Å²) in [6, 6.07) is 3.84. The Morgan fingerprint density at radius 2 is 2.14 bits per heavy atom. The van der Waals surface area contributed by atoms with Crippen LogP contribution < -0.4 is 19.5 Å². The fourth-order valence-electron chi connectivity index (χ4n) is 2.34. The summed E-state index contributed by atoms with van der Waals surface area (Å²) in [4.78, 5) is 4.32. The van der Waals surface area contributed by atoms with Crippen LogP contribution in [0.5, 0.6) is 17.2 Å². The van der Waals surface area contributed by atoms with Crippen LogP contribution in [-0.2, 0) is 19.7 Å². The Hall–Kier alpha value is -2.21. The molecule has 1 aliphatic heterocycles. The van der Waals surface area contributed by atoms with Crippen molar-refractivity contribution in [3.05, 3.63) is 35.9 Å². The fourth-order valence-corrected chi connectivity index (χ4v) is 2.34. The van der Waals surface area contributed by atoms with Crippen molar-refractivity contribution >= 4 is 0 Å². The number of rotatable bonds is 6. The molecule has 21 heavy (non-hydrogen) atoms. The van der Waals surface area contributed by atoms with Gasteiger partial charge in [-0.2, -0.15) is 0 Å². The van der Waals surface area contributed by atoms with Crippen LogP contribution in [0.15, 0.2) is 24.5 Å². The van der Waals surface area contributed by atoms with E-state index in [-0.39, 0.29) is 6.79 Å². The van der Waals surface area contributed by atoms with Crippen LogP contribution in [0.3, 0.4) is 0 Å². The Labute approximate surface area is 123 Å². The lowest BCUT2D eigenvalue weighted by molar-refractivity contribution is 0.173. The van der Waals surface area contributed by atoms with Crippen LogP contribution in [0.25, 0.3) is 0 Å². The Morgan fingerprint density at radius 1 is 1.33 bits per heavy atom. The van der Waals surface area contributed by atoms with Gasteiger partial charge in [-0.05, 0) is 20.0 Å². The van der Waals surface area contributed by atoms with E-state index in [0.29, 0.717) is 13.2 Å². The smallest absolute Gasteiger partial charge is 0.231 e. The lowest BCUT2D eigenvalue weighted by Crippen LogP contribution is -2.09. The third-order valence-electron chi connectivity index (χ3n) is 3.42. The standard InChI is InChI=1S/C15H19N3O3/c1-3-18-5-4-17-15(18)9-19-12-7-14-13(20-10-21-14)6-11(12)8-16-2/h4-7,16H,3,8-10H2,1-2H3. The van der Waals surface area contributed by atoms with Crippen LogP contribution in [-0.4, -0.2) is 23.4 Å². The number of aryl methyl sites for hydroxylation is 1. The van der Waals surface area contributed by atoms with E-state index in [0.717, 1.165) is 35.2 Å². The number of nitrogens with one attached hydrogen (secondary N) is 1. The highest BCUT2D eigenvalue weighted by Gasteiger charge is 2.18. The average Bonchev–Trinajstić information content (AvgIpc) is 3.13. The first-order chi connectivity index (χ1) is 10.3. The minimum Gasteiger partial charge on any atom is -0.485 e. The fraction of sp³-hybridized carbons (Fsp3) is 0.400. The van der Waals surface area contributed by atoms with Crippen LogP contribution in [0.2, 0.25) is 0 Å². The largest absolute Gasteiger partial charge is 0.485 e. The zero-order chi connectivity index (χ0) is 14.7. The number of hydrogen-bond acceptors (Lipinski definition) is 5. The number of hydrogen-bond donors (Lipinski definition) is 1. The maximum absolute atomic E-state index is 5.94. The molecule has 0 spiro atoms. The summed E-state index contributed by atoms with van der Waals surface area (Å²) in [6.45, 7) is 4.35. The van der Waals surface area contributed by atoms with Gasteiger partial charge in [0.25, 0.3) is 0 Å². The van der Waals surface area contributed by atoms with Gasteiger partial charge in [-0.1, -0.05) is 0 Å². The van der Waals surface area contributed by atoms with Gasteiger partial charge in [0.15, 0.2) is 11.5 Å². The summed E-state index contributed by atoms with van der Waals surface area (Å²) < 4.78 is 18.8. The maximum atomic E-state index is 5.94. The van der Waals surface area contributed by atoms with E-state index < -0.39 is 0 Å². The van der Waals surface area contributed by atoms with Gasteiger partial charge in [0.2, 0.25) is 6.79 Å². The minimum atomic E-state index is 0.262. The number of benzene rings is 1. The Kier molecular flexibility index (Phi) is 3.96. The van der Waals surface area contributed by atoms with Crippen molar-refractivity contribution in [1.82, 2.24) is 14.9 Å². The molecule has 0 unspecified atom stereocenters. The van der Waals surface area contributed by atoms with Crippen molar-refractivity contribution < 1.29 is 14.2 Å². The second-order valence-electron chi connectivity index (χ2n) is 4.76. The monoisotopic (exact) mass is 289 g/mol. The van der Waals surface area contributed by atoms with Crippen LogP contribution in [0.1, 0.15) is 18.3 Å². The van der Waals surface area contributed by atoms with Gasteiger partial charge in [-0.25, -0.2) is 4.98 Å². The van der Waals surface area contributed by atoms with Gasteiger partial charge in [-0.3, -0.25) is 0 Å². The van der Waals surface area contributed by atoms with Crippen molar-refractivity contribution in [3.63, 3.8) is 0 Å². The van der Waals surface area contributed by atoms with E-state index in [1.54, 1.807) is 6.20 Å². The van der Waals surface area contributed by atoms with Crippen LogP contribution >= 0.6 is 0 Å². The molecule has 0 radical (unpaired) electrons. The molecular weight excluding hydrogens is 270 g/mol. The van der Waals surface area contributed by atoms with E-state index in [4.69, 9.17) is 14.2 Å². The quantitative estimate of drug-likeness (QED) is 0.880. The maximum Gasteiger partial charge on any atom is 0.231 e. The lowest BCUT2D eigenvalue weighted by Gasteiger charge is -2.13. The Balaban J connectivity index is 1.80. The molecule has 1 aromatic carbocycles. The van der Waals surface area contributed by atoms with Crippen molar-refractivity contribution in [2.75, 3.05) is 13.8 Å². The summed E-state index contributed by atoms with van der Waals surface area (Å²) in [5.74, 6) is 3.19. The molecule has 1 aromatic heterocycles. The van der Waals surface area contributed by atoms with Gasteiger partial charge in [0, 0.05) is 37.1 Å². The molecule has 2 heterocycles. The van der Waals surface area contributed by atoms with Crippen LogP contribution in [0.4, 0.5) is 0 Å². The highest BCUT2D eigenvalue weighted by atomic mass is 16.7. The van der Waals surface area contributed by atoms with Crippen LogP contribution in [0, 0.1) is 0 Å². The predicted molar refractivity (Wildman–Crippen MR) is 77.6 cm³/mol. The van der Waals surface area contributed by atoms with Crippen molar-refractivity contribution in [2.24, 2.45) is 0 Å². The predicted octanol–water partition coefficient (Wildman–Crippen LogP) is 1.93. The topological polar surface area (TPSA) is 57.5 Å². The molecule has 0 aliphatic carbocycles. The normalized spacial score (nSPS) is 12.7. The van der Waals surface area contributed by atoms with Crippen molar-refractivity contribution in [2.45, 2.75) is 26.6 Å². The van der Waals surface area contributed by atoms with Crippen molar-refractivity contribution in [1.29, 1.82) is 0 Å². The number of nitrogens with zero attached hydrogens (tertiary/aromatic N) is 2. The number of ether oxygens (including phenoxy) is 3. The molecular formula is C15H19N3O3. The van der Waals surface area contributed by atoms with E-state index in [1.165, 1.54) is 0 Å². The highest BCUT2D eigenvalue weighted by Crippen LogP contribution is 2.38. The first-order valence-corrected chi connectivity index (χ1v) is 7.01. The number of fused-ring (bicyclic) bond motifs is 1. The zero-order valence-electron chi connectivity index (χ0n) is 12.3. The molecule has 0 saturated heterocycles. The summed E-state index contributed by atoms with van der Waals surface area (Å²) in [5.41, 5.74) is 1.04. The Bertz CT molecular complexity index is 625. The molecule has 3 rings (SSSR count). The van der Waals surface area contributed by atoms with Gasteiger partial charge in [0.05, 0.1) is 0 Å². The first kappa shape index (κ1) is 13.8. The molecule has 112 valence electrons. The molecule has 6 nitrogen and oxygen atoms in total. The molecule has 1 N–H and O–H groups in total. The number of aromatic nitrogens is 2. The lowest BCUT2D eigenvalue weighted by atomic mass is 10.1. The van der Waals surface area contributed by atoms with Crippen molar-refractivity contribution in [3.8, 4) is 17.2 Å². The summed E-state index contributed by atoms with van der Waals surface area (Å²) in [7, 11) is 1.90. The molecule has 0 saturated carbocycles. The third kappa shape index (κ3) is 2.80. The third-order valence-corrected chi connectivity index (χ3v) is 3.42. The average molecular weight is 289 g/mol. The summed E-state index contributed by atoms with van der Waals surface area (Å²) in [5, 5.41) is 3.13. The first-order valence-electron chi connectivity index (χ1n) is 7.01. The zero-order valence-corrected chi connectivity index (χ0v) is 12.3. The summed E-state index contributed by atoms with van der Waals surface area (Å²) >= 11 is 0. The molecule has 0 amide bonds. The molecule has 0 atom stereocenters. The molecule has 6 heteroatoms. The number of imidazole rings is 1. The second-order valence-corrected chi connectivity index (χ2v) is 4.76. The SMILES string of the molecule is CCn1ccnc1COc1cc2c(cc1CNC)OCO2. The molecule has 1 aliphatic rings. The van der Waals surface area contributed by atoms with E-state index in [1.807, 2.05) is 25.4 Å². The molecule has 2 aromatic rings. The molecule has 0 bridgehead atoms. The van der Waals surface area contributed by atoms with Gasteiger partial charge < -0.3 is 24.1 Å². The van der Waals surface area contributed by atoms with Gasteiger partial charge in [0.1, 0.15) is 18.2 Å². The summed E-state index contributed by atoms with van der Waals surface area (Å²) in [6.07, 6.45) is 3.74. The van der Waals surface area contributed by atoms with Gasteiger partial charge in [-0.15, -0.1) is 0 Å².